The summed E-state index contributed by atoms with van der Waals surface area (Å²) in [5, 5.41) is 6.85. The lowest BCUT2D eigenvalue weighted by atomic mass is 9.87. The number of carbonyl (C=O) groups is 1. The second-order valence-corrected chi connectivity index (χ2v) is 8.60. The van der Waals surface area contributed by atoms with Crippen molar-refractivity contribution in [3.63, 3.8) is 0 Å². The van der Waals surface area contributed by atoms with Crippen LogP contribution in [0.1, 0.15) is 31.7 Å². The summed E-state index contributed by atoms with van der Waals surface area (Å²) in [5.74, 6) is 1.69. The van der Waals surface area contributed by atoms with Crippen LogP contribution in [0, 0.1) is 5.92 Å². The third kappa shape index (κ3) is 6.54. The number of rotatable bonds is 9. The van der Waals surface area contributed by atoms with Crippen LogP contribution in [0.4, 0.5) is 11.6 Å². The van der Waals surface area contributed by atoms with Crippen LogP contribution >= 0.6 is 0 Å². The van der Waals surface area contributed by atoms with Crippen molar-refractivity contribution in [1.29, 1.82) is 0 Å². The number of hydrogen-bond donors (Lipinski definition) is 2. The summed E-state index contributed by atoms with van der Waals surface area (Å²) in [6.45, 7) is 3.25. The standard InChI is InChI=1S/C27H32N4O3/c1-3-34-26(32)16-20-12-13-28-24(15-20)14-19-4-8-23(9-5-19)31-27-29-17-22(18-30-27)21-6-10-25(33-2)11-7-21/h4-11,17-18,20,24,28H,3,12-16H2,1-2H3,(H,29,30,31). The van der Waals surface area contributed by atoms with Gasteiger partial charge in [-0.15, -0.1) is 0 Å². The zero-order valence-corrected chi connectivity index (χ0v) is 19.8. The molecule has 4 rings (SSSR count). The highest BCUT2D eigenvalue weighted by molar-refractivity contribution is 5.69. The molecule has 2 aromatic carbocycles. The second kappa shape index (κ2) is 11.6. The molecule has 7 nitrogen and oxygen atoms in total. The molecule has 3 aromatic rings. The van der Waals surface area contributed by atoms with Gasteiger partial charge in [0.05, 0.1) is 13.7 Å². The molecule has 1 aliphatic rings. The first kappa shape index (κ1) is 23.7. The van der Waals surface area contributed by atoms with Gasteiger partial charge in [-0.2, -0.15) is 0 Å². The molecular weight excluding hydrogens is 428 g/mol. The van der Waals surface area contributed by atoms with Gasteiger partial charge in [0.1, 0.15) is 5.75 Å². The van der Waals surface area contributed by atoms with Gasteiger partial charge in [-0.05, 0) is 74.0 Å². The van der Waals surface area contributed by atoms with E-state index in [1.54, 1.807) is 7.11 Å². The van der Waals surface area contributed by atoms with Crippen molar-refractivity contribution in [3.05, 3.63) is 66.5 Å². The summed E-state index contributed by atoms with van der Waals surface area (Å²) in [7, 11) is 1.65. The molecule has 178 valence electrons. The highest BCUT2D eigenvalue weighted by atomic mass is 16.5. The molecule has 34 heavy (non-hydrogen) atoms. The largest absolute Gasteiger partial charge is 0.497 e. The molecule has 2 unspecified atom stereocenters. The smallest absolute Gasteiger partial charge is 0.306 e. The van der Waals surface area contributed by atoms with Gasteiger partial charge in [0.15, 0.2) is 0 Å². The zero-order valence-electron chi connectivity index (χ0n) is 19.8. The van der Waals surface area contributed by atoms with Gasteiger partial charge in [-0.3, -0.25) is 4.79 Å². The van der Waals surface area contributed by atoms with E-state index in [-0.39, 0.29) is 5.97 Å². The van der Waals surface area contributed by atoms with Crippen molar-refractivity contribution in [2.24, 2.45) is 5.92 Å². The summed E-state index contributed by atoms with van der Waals surface area (Å²) in [6, 6.07) is 16.6. The Morgan fingerprint density at radius 3 is 2.47 bits per heavy atom. The Kier molecular flexibility index (Phi) is 8.09. The van der Waals surface area contributed by atoms with Gasteiger partial charge in [0, 0.05) is 36.1 Å². The van der Waals surface area contributed by atoms with Crippen LogP contribution in [0.2, 0.25) is 0 Å². The molecule has 2 N–H and O–H groups in total. The van der Waals surface area contributed by atoms with Crippen LogP contribution in [0.25, 0.3) is 11.1 Å². The van der Waals surface area contributed by atoms with Gasteiger partial charge in [-0.1, -0.05) is 24.3 Å². The Morgan fingerprint density at radius 2 is 1.79 bits per heavy atom. The predicted octanol–water partition coefficient (Wildman–Crippen LogP) is 4.76. The molecular formula is C27H32N4O3. The highest BCUT2D eigenvalue weighted by Crippen LogP contribution is 2.24. The van der Waals surface area contributed by atoms with Crippen molar-refractivity contribution in [2.45, 2.75) is 38.6 Å². The number of carbonyl (C=O) groups excluding carboxylic acids is 1. The number of piperidine rings is 1. The Hall–Kier alpha value is -3.45. The Morgan fingerprint density at radius 1 is 1.06 bits per heavy atom. The number of anilines is 2. The number of benzene rings is 2. The van der Waals surface area contributed by atoms with Crippen molar-refractivity contribution in [3.8, 4) is 16.9 Å². The minimum absolute atomic E-state index is 0.0807. The fraction of sp³-hybridized carbons (Fsp3) is 0.370. The van der Waals surface area contributed by atoms with E-state index in [9.17, 15) is 4.79 Å². The van der Waals surface area contributed by atoms with Gasteiger partial charge in [0.25, 0.3) is 0 Å². The average molecular weight is 461 g/mol. The van der Waals surface area contributed by atoms with Gasteiger partial charge in [0.2, 0.25) is 5.95 Å². The predicted molar refractivity (Wildman–Crippen MR) is 133 cm³/mol. The van der Waals surface area contributed by atoms with Crippen LogP contribution in [0.3, 0.4) is 0 Å². The van der Waals surface area contributed by atoms with Gasteiger partial charge < -0.3 is 20.1 Å². The maximum Gasteiger partial charge on any atom is 0.306 e. The van der Waals surface area contributed by atoms with Crippen molar-refractivity contribution in [2.75, 3.05) is 25.6 Å². The number of nitrogens with zero attached hydrogens (tertiary/aromatic N) is 2. The molecule has 0 spiro atoms. The first-order chi connectivity index (χ1) is 16.6. The van der Waals surface area contributed by atoms with E-state index in [1.165, 1.54) is 5.56 Å². The lowest BCUT2D eigenvalue weighted by Crippen LogP contribution is -2.40. The normalized spacial score (nSPS) is 17.7. The van der Waals surface area contributed by atoms with Crippen molar-refractivity contribution < 1.29 is 14.3 Å². The van der Waals surface area contributed by atoms with Crippen LogP contribution in [0.5, 0.6) is 5.75 Å². The molecule has 0 saturated carbocycles. The number of nitrogens with one attached hydrogen (secondary N) is 2. The molecule has 7 heteroatoms. The first-order valence-electron chi connectivity index (χ1n) is 11.8. The fourth-order valence-corrected chi connectivity index (χ4v) is 4.35. The molecule has 1 aromatic heterocycles. The number of hydrogen-bond acceptors (Lipinski definition) is 7. The SMILES string of the molecule is CCOC(=O)CC1CCNC(Cc2ccc(Nc3ncc(-c4ccc(OC)cc4)cn3)cc2)C1. The molecule has 2 atom stereocenters. The molecule has 0 aliphatic carbocycles. The molecule has 1 aliphatic heterocycles. The van der Waals surface area contributed by atoms with E-state index >= 15 is 0 Å². The maximum absolute atomic E-state index is 11.8. The van der Waals surface area contributed by atoms with Gasteiger partial charge >= 0.3 is 5.97 Å². The fourth-order valence-electron chi connectivity index (χ4n) is 4.35. The summed E-state index contributed by atoms with van der Waals surface area (Å²) < 4.78 is 10.3. The van der Waals surface area contributed by atoms with E-state index in [1.807, 2.05) is 43.6 Å². The molecule has 0 amide bonds. The molecule has 2 heterocycles. The topological polar surface area (TPSA) is 85.4 Å². The Labute approximate surface area is 200 Å². The lowest BCUT2D eigenvalue weighted by molar-refractivity contribution is -0.144. The third-order valence-electron chi connectivity index (χ3n) is 6.13. The van der Waals surface area contributed by atoms with E-state index < -0.39 is 0 Å². The molecule has 1 fully saturated rings. The summed E-state index contributed by atoms with van der Waals surface area (Å²) in [5.41, 5.74) is 4.19. The second-order valence-electron chi connectivity index (χ2n) is 8.60. The lowest BCUT2D eigenvalue weighted by Gasteiger charge is -2.30. The molecule has 0 bridgehead atoms. The molecule has 1 saturated heterocycles. The van der Waals surface area contributed by atoms with Crippen LogP contribution in [-0.2, 0) is 16.0 Å². The highest BCUT2D eigenvalue weighted by Gasteiger charge is 2.24. The summed E-state index contributed by atoms with van der Waals surface area (Å²) in [4.78, 5) is 20.7. The first-order valence-corrected chi connectivity index (χ1v) is 11.8. The van der Waals surface area contributed by atoms with Gasteiger partial charge in [-0.25, -0.2) is 9.97 Å². The number of ether oxygens (including phenoxy) is 2. The minimum Gasteiger partial charge on any atom is -0.497 e. The van der Waals surface area contributed by atoms with E-state index in [0.717, 1.165) is 48.4 Å². The van der Waals surface area contributed by atoms with Crippen molar-refractivity contribution >= 4 is 17.6 Å². The van der Waals surface area contributed by atoms with Crippen LogP contribution < -0.4 is 15.4 Å². The Bertz CT molecular complexity index is 1050. The maximum atomic E-state index is 11.8. The minimum atomic E-state index is -0.0807. The van der Waals surface area contributed by atoms with E-state index in [0.29, 0.717) is 30.9 Å². The summed E-state index contributed by atoms with van der Waals surface area (Å²) in [6.07, 6.45) is 7.10. The summed E-state index contributed by atoms with van der Waals surface area (Å²) >= 11 is 0. The Balaban J connectivity index is 1.30. The number of esters is 1. The van der Waals surface area contributed by atoms with E-state index in [2.05, 4.69) is 44.9 Å². The third-order valence-corrected chi connectivity index (χ3v) is 6.13. The van der Waals surface area contributed by atoms with Crippen molar-refractivity contribution in [1.82, 2.24) is 15.3 Å². The number of methoxy groups -OCH3 is 1. The average Bonchev–Trinajstić information content (AvgIpc) is 2.86. The quantitative estimate of drug-likeness (QED) is 0.445. The monoisotopic (exact) mass is 460 g/mol. The zero-order chi connectivity index (χ0) is 23.8. The van der Waals surface area contributed by atoms with Crippen LogP contribution in [-0.4, -0.2) is 42.2 Å². The van der Waals surface area contributed by atoms with Crippen LogP contribution in [0.15, 0.2) is 60.9 Å². The number of aromatic nitrogens is 2. The molecule has 0 radical (unpaired) electrons. The van der Waals surface area contributed by atoms with E-state index in [4.69, 9.17) is 9.47 Å².